The molecule has 0 spiro atoms. The first kappa shape index (κ1) is 12.9. The van der Waals surface area contributed by atoms with E-state index in [0.29, 0.717) is 18.1 Å². The van der Waals surface area contributed by atoms with Crippen LogP contribution in [0.1, 0.15) is 71.1 Å². The molecule has 2 nitrogen and oxygen atoms in total. The summed E-state index contributed by atoms with van der Waals surface area (Å²) in [7, 11) is 0. The highest BCUT2D eigenvalue weighted by atomic mass is 16.6. The molecule has 0 amide bonds. The first-order valence-corrected chi connectivity index (χ1v) is 8.11. The fourth-order valence-corrected chi connectivity index (χ4v) is 4.52. The lowest BCUT2D eigenvalue weighted by Gasteiger charge is -2.45. The lowest BCUT2D eigenvalue weighted by Crippen LogP contribution is -2.45. The Kier molecular flexibility index (Phi) is 3.68. The number of aliphatic hydroxyl groups is 1. The van der Waals surface area contributed by atoms with Crippen molar-refractivity contribution in [3.05, 3.63) is 0 Å². The van der Waals surface area contributed by atoms with E-state index in [1.165, 1.54) is 51.4 Å². The second-order valence-corrected chi connectivity index (χ2v) is 6.85. The van der Waals surface area contributed by atoms with Crippen molar-refractivity contribution < 1.29 is 9.84 Å². The first-order chi connectivity index (χ1) is 8.73. The van der Waals surface area contributed by atoms with E-state index in [2.05, 4.69) is 6.92 Å². The number of epoxide rings is 1. The van der Waals surface area contributed by atoms with Crippen LogP contribution >= 0.6 is 0 Å². The maximum Gasteiger partial charge on any atom is 0.0844 e. The van der Waals surface area contributed by atoms with Crippen LogP contribution in [0.15, 0.2) is 0 Å². The number of hydrogen-bond acceptors (Lipinski definition) is 2. The molecular weight excluding hydrogens is 224 g/mol. The molecule has 3 fully saturated rings. The van der Waals surface area contributed by atoms with Gasteiger partial charge in [0.15, 0.2) is 0 Å². The Balaban J connectivity index is 1.66. The van der Waals surface area contributed by atoms with Gasteiger partial charge in [0.1, 0.15) is 0 Å². The van der Waals surface area contributed by atoms with Crippen molar-refractivity contribution in [2.45, 2.75) is 88.9 Å². The monoisotopic (exact) mass is 252 g/mol. The molecule has 3 rings (SSSR count). The topological polar surface area (TPSA) is 32.8 Å². The van der Waals surface area contributed by atoms with Crippen molar-refractivity contribution >= 4 is 0 Å². The van der Waals surface area contributed by atoms with E-state index in [9.17, 15) is 5.11 Å². The van der Waals surface area contributed by atoms with Gasteiger partial charge in [0.2, 0.25) is 0 Å². The van der Waals surface area contributed by atoms with Crippen molar-refractivity contribution in [3.8, 4) is 0 Å². The van der Waals surface area contributed by atoms with E-state index in [4.69, 9.17) is 4.74 Å². The number of ether oxygens (including phenoxy) is 1. The van der Waals surface area contributed by atoms with Gasteiger partial charge in [0.25, 0.3) is 0 Å². The van der Waals surface area contributed by atoms with Gasteiger partial charge >= 0.3 is 0 Å². The summed E-state index contributed by atoms with van der Waals surface area (Å²) in [6, 6.07) is 0. The predicted octanol–water partition coefficient (Wildman–Crippen LogP) is 3.67. The summed E-state index contributed by atoms with van der Waals surface area (Å²) in [5.74, 6) is 1.29. The van der Waals surface area contributed by atoms with Gasteiger partial charge in [-0.15, -0.1) is 0 Å². The Morgan fingerprint density at radius 2 is 2.06 bits per heavy atom. The summed E-state index contributed by atoms with van der Waals surface area (Å²) in [6.45, 7) is 2.23. The van der Waals surface area contributed by atoms with Gasteiger partial charge in [-0.25, -0.2) is 0 Å². The van der Waals surface area contributed by atoms with Gasteiger partial charge < -0.3 is 9.84 Å². The average Bonchev–Trinajstić information content (AvgIpc) is 3.15. The third-order valence-corrected chi connectivity index (χ3v) is 5.64. The number of unbranched alkanes of at least 4 members (excludes halogenated alkanes) is 1. The van der Waals surface area contributed by atoms with Crippen LogP contribution in [0.4, 0.5) is 0 Å². The Bertz CT molecular complexity index is 291. The molecule has 0 bridgehead atoms. The Labute approximate surface area is 111 Å². The molecule has 2 aliphatic carbocycles. The minimum absolute atomic E-state index is 0.347. The third kappa shape index (κ3) is 2.46. The second-order valence-electron chi connectivity index (χ2n) is 6.85. The largest absolute Gasteiger partial charge is 0.390 e. The maximum absolute atomic E-state index is 11.1. The molecule has 2 heteroatoms. The maximum atomic E-state index is 11.1. The van der Waals surface area contributed by atoms with Crippen molar-refractivity contribution in [1.29, 1.82) is 0 Å². The van der Waals surface area contributed by atoms with Gasteiger partial charge in [0.05, 0.1) is 17.8 Å². The van der Waals surface area contributed by atoms with Gasteiger partial charge in [0, 0.05) is 0 Å². The predicted molar refractivity (Wildman–Crippen MR) is 72.4 cm³/mol. The van der Waals surface area contributed by atoms with Crippen molar-refractivity contribution in [2.75, 3.05) is 0 Å². The van der Waals surface area contributed by atoms with Crippen LogP contribution in [0.25, 0.3) is 0 Å². The third-order valence-electron chi connectivity index (χ3n) is 5.64. The SMILES string of the molecule is CCCCC1(O)CCCCC1C1CCC2OC2C1. The Hall–Kier alpha value is -0.0800. The second kappa shape index (κ2) is 5.13. The van der Waals surface area contributed by atoms with E-state index >= 15 is 0 Å². The molecule has 5 unspecified atom stereocenters. The minimum atomic E-state index is -0.347. The first-order valence-electron chi connectivity index (χ1n) is 8.11. The van der Waals surface area contributed by atoms with Crippen molar-refractivity contribution in [1.82, 2.24) is 0 Å². The van der Waals surface area contributed by atoms with Crippen molar-refractivity contribution in [2.24, 2.45) is 11.8 Å². The molecule has 0 aromatic heterocycles. The lowest BCUT2D eigenvalue weighted by molar-refractivity contribution is -0.0830. The van der Waals surface area contributed by atoms with Crippen LogP contribution in [0.3, 0.4) is 0 Å². The number of fused-ring (bicyclic) bond motifs is 1. The fourth-order valence-electron chi connectivity index (χ4n) is 4.52. The smallest absolute Gasteiger partial charge is 0.0844 e. The molecule has 1 N–H and O–H groups in total. The summed E-state index contributed by atoms with van der Waals surface area (Å²) < 4.78 is 5.67. The Morgan fingerprint density at radius 3 is 2.83 bits per heavy atom. The van der Waals surface area contributed by atoms with Gasteiger partial charge in [-0.2, -0.15) is 0 Å². The quantitative estimate of drug-likeness (QED) is 0.774. The summed E-state index contributed by atoms with van der Waals surface area (Å²) >= 11 is 0. The summed E-state index contributed by atoms with van der Waals surface area (Å²) in [5.41, 5.74) is -0.347. The fraction of sp³-hybridized carbons (Fsp3) is 1.00. The van der Waals surface area contributed by atoms with E-state index in [1.807, 2.05) is 0 Å². The van der Waals surface area contributed by atoms with E-state index < -0.39 is 0 Å². The molecule has 18 heavy (non-hydrogen) atoms. The molecule has 1 aliphatic heterocycles. The van der Waals surface area contributed by atoms with E-state index in [1.54, 1.807) is 0 Å². The molecule has 0 aromatic rings. The van der Waals surface area contributed by atoms with Crippen LogP contribution in [0, 0.1) is 11.8 Å². The Morgan fingerprint density at radius 1 is 1.17 bits per heavy atom. The van der Waals surface area contributed by atoms with E-state index in [-0.39, 0.29) is 5.60 Å². The molecule has 0 aromatic carbocycles. The zero-order valence-corrected chi connectivity index (χ0v) is 11.7. The van der Waals surface area contributed by atoms with Crippen LogP contribution in [-0.4, -0.2) is 22.9 Å². The van der Waals surface area contributed by atoms with E-state index in [0.717, 1.165) is 18.8 Å². The van der Waals surface area contributed by atoms with Gasteiger partial charge in [-0.05, 0) is 50.4 Å². The lowest BCUT2D eigenvalue weighted by atomic mass is 9.64. The van der Waals surface area contributed by atoms with Crippen molar-refractivity contribution in [3.63, 3.8) is 0 Å². The van der Waals surface area contributed by atoms with Crippen LogP contribution < -0.4 is 0 Å². The number of hydrogen-bond donors (Lipinski definition) is 1. The standard InChI is InChI=1S/C16H28O2/c1-2-3-9-16(17)10-5-4-6-13(16)12-7-8-14-15(11-12)18-14/h12-15,17H,2-11H2,1H3. The number of rotatable bonds is 4. The van der Waals surface area contributed by atoms with Crippen LogP contribution in [0.5, 0.6) is 0 Å². The molecule has 104 valence electrons. The molecule has 2 saturated carbocycles. The van der Waals surface area contributed by atoms with Crippen LogP contribution in [-0.2, 0) is 4.74 Å². The van der Waals surface area contributed by atoms with Gasteiger partial charge in [-0.1, -0.05) is 32.6 Å². The molecule has 1 saturated heterocycles. The normalized spacial score (nSPS) is 47.7. The molecule has 1 heterocycles. The highest BCUT2D eigenvalue weighted by Gasteiger charge is 2.50. The zero-order chi connectivity index (χ0) is 12.6. The molecular formula is C16H28O2. The minimum Gasteiger partial charge on any atom is -0.390 e. The summed E-state index contributed by atoms with van der Waals surface area (Å²) in [5, 5.41) is 11.1. The molecule has 5 atom stereocenters. The van der Waals surface area contributed by atoms with Crippen LogP contribution in [0.2, 0.25) is 0 Å². The summed E-state index contributed by atoms with van der Waals surface area (Å²) in [6.07, 6.45) is 13.2. The highest BCUT2D eigenvalue weighted by Crippen LogP contribution is 2.49. The molecule has 0 radical (unpaired) electrons. The van der Waals surface area contributed by atoms with Gasteiger partial charge in [-0.3, -0.25) is 0 Å². The zero-order valence-electron chi connectivity index (χ0n) is 11.7. The highest BCUT2D eigenvalue weighted by molar-refractivity contribution is 4.99. The average molecular weight is 252 g/mol. The summed E-state index contributed by atoms with van der Waals surface area (Å²) in [4.78, 5) is 0. The molecule has 3 aliphatic rings.